The van der Waals surface area contributed by atoms with E-state index in [1.165, 1.54) is 6.42 Å². The SMILES string of the molecule is CCN1CCC[C@H]1CN(Cc1ccc2c(c1)OCO2)C(=O)c1c(C)noc1C. The van der Waals surface area contributed by atoms with Crippen LogP contribution in [0.1, 0.15) is 47.1 Å². The average Bonchev–Trinajstić information content (AvgIpc) is 3.40. The molecule has 7 nitrogen and oxygen atoms in total. The Morgan fingerprint density at radius 1 is 1.29 bits per heavy atom. The third-order valence-corrected chi connectivity index (χ3v) is 5.68. The number of aromatic nitrogens is 1. The van der Waals surface area contributed by atoms with Gasteiger partial charge in [-0.05, 0) is 57.5 Å². The topological polar surface area (TPSA) is 68.0 Å². The Kier molecular flexibility index (Phi) is 5.26. The van der Waals surface area contributed by atoms with E-state index in [0.717, 1.165) is 36.6 Å². The number of carbonyl (C=O) groups excluding carboxylic acids is 1. The van der Waals surface area contributed by atoms with E-state index in [1.807, 2.05) is 30.0 Å². The van der Waals surface area contributed by atoms with E-state index in [-0.39, 0.29) is 12.7 Å². The van der Waals surface area contributed by atoms with E-state index in [1.54, 1.807) is 6.92 Å². The smallest absolute Gasteiger partial charge is 0.259 e. The Balaban J connectivity index is 1.60. The van der Waals surface area contributed by atoms with Crippen molar-refractivity contribution in [1.29, 1.82) is 0 Å². The zero-order valence-corrected chi connectivity index (χ0v) is 16.7. The van der Waals surface area contributed by atoms with Crippen LogP contribution in [0.2, 0.25) is 0 Å². The number of carbonyl (C=O) groups is 1. The third-order valence-electron chi connectivity index (χ3n) is 5.68. The molecule has 3 heterocycles. The number of aryl methyl sites for hydroxylation is 2. The molecule has 1 amide bonds. The molecule has 0 unspecified atom stereocenters. The van der Waals surface area contributed by atoms with Crippen LogP contribution in [0.5, 0.6) is 11.5 Å². The van der Waals surface area contributed by atoms with Gasteiger partial charge in [-0.25, -0.2) is 0 Å². The van der Waals surface area contributed by atoms with Crippen molar-refractivity contribution in [3.63, 3.8) is 0 Å². The molecule has 0 aliphatic carbocycles. The van der Waals surface area contributed by atoms with Gasteiger partial charge in [-0.15, -0.1) is 0 Å². The van der Waals surface area contributed by atoms with Gasteiger partial charge < -0.3 is 18.9 Å². The van der Waals surface area contributed by atoms with E-state index < -0.39 is 0 Å². The second kappa shape index (κ2) is 7.83. The Morgan fingerprint density at radius 3 is 2.86 bits per heavy atom. The zero-order valence-electron chi connectivity index (χ0n) is 16.7. The largest absolute Gasteiger partial charge is 0.454 e. The highest BCUT2D eigenvalue weighted by molar-refractivity contribution is 5.96. The van der Waals surface area contributed by atoms with Crippen molar-refractivity contribution in [3.8, 4) is 11.5 Å². The number of ether oxygens (including phenoxy) is 2. The van der Waals surface area contributed by atoms with Crippen molar-refractivity contribution in [3.05, 3.63) is 40.8 Å². The molecular formula is C21H27N3O4. The first kappa shape index (κ1) is 18.8. The molecule has 2 aliphatic heterocycles. The molecule has 28 heavy (non-hydrogen) atoms. The van der Waals surface area contributed by atoms with E-state index in [4.69, 9.17) is 14.0 Å². The summed E-state index contributed by atoms with van der Waals surface area (Å²) in [6.45, 7) is 9.32. The van der Waals surface area contributed by atoms with Gasteiger partial charge >= 0.3 is 0 Å². The van der Waals surface area contributed by atoms with Crippen molar-refractivity contribution < 1.29 is 18.8 Å². The summed E-state index contributed by atoms with van der Waals surface area (Å²) >= 11 is 0. The van der Waals surface area contributed by atoms with Gasteiger partial charge in [0.2, 0.25) is 6.79 Å². The van der Waals surface area contributed by atoms with Crippen LogP contribution in [0.15, 0.2) is 22.7 Å². The Hall–Kier alpha value is -2.54. The summed E-state index contributed by atoms with van der Waals surface area (Å²) in [5, 5.41) is 3.97. The van der Waals surface area contributed by atoms with Crippen LogP contribution in [-0.4, -0.2) is 53.3 Å². The van der Waals surface area contributed by atoms with Gasteiger partial charge in [0, 0.05) is 19.1 Å². The summed E-state index contributed by atoms with van der Waals surface area (Å²) in [4.78, 5) is 17.8. The molecule has 0 spiro atoms. The molecule has 1 saturated heterocycles. The molecule has 1 aromatic carbocycles. The van der Waals surface area contributed by atoms with Gasteiger partial charge in [-0.3, -0.25) is 9.69 Å². The van der Waals surface area contributed by atoms with Crippen LogP contribution in [0.25, 0.3) is 0 Å². The highest BCUT2D eigenvalue weighted by Gasteiger charge is 2.30. The van der Waals surface area contributed by atoms with Crippen LogP contribution < -0.4 is 9.47 Å². The minimum atomic E-state index is -0.0307. The standard InChI is InChI=1S/C21H27N3O4/c1-4-23-9-5-6-17(23)12-24(21(25)20-14(2)22-28-15(20)3)11-16-7-8-18-19(10-16)27-13-26-18/h7-8,10,17H,4-6,9,11-13H2,1-3H3/t17-/m0/s1. The average molecular weight is 385 g/mol. The monoisotopic (exact) mass is 385 g/mol. The molecule has 1 fully saturated rings. The maximum absolute atomic E-state index is 13.4. The fourth-order valence-corrected chi connectivity index (χ4v) is 4.20. The molecule has 2 aliphatic rings. The fraction of sp³-hybridized carbons (Fsp3) is 0.524. The molecule has 0 N–H and O–H groups in total. The Labute approximate surface area is 165 Å². The van der Waals surface area contributed by atoms with Gasteiger partial charge in [0.15, 0.2) is 11.5 Å². The third kappa shape index (κ3) is 3.58. The van der Waals surface area contributed by atoms with Crippen LogP contribution in [0.3, 0.4) is 0 Å². The molecule has 0 radical (unpaired) electrons. The second-order valence-corrected chi connectivity index (χ2v) is 7.50. The van der Waals surface area contributed by atoms with Crippen molar-refractivity contribution in [2.24, 2.45) is 0 Å². The lowest BCUT2D eigenvalue weighted by molar-refractivity contribution is 0.0689. The van der Waals surface area contributed by atoms with Gasteiger partial charge in [0.1, 0.15) is 11.3 Å². The first-order chi connectivity index (χ1) is 13.6. The number of fused-ring (bicyclic) bond motifs is 1. The number of rotatable bonds is 6. The van der Waals surface area contributed by atoms with Crippen molar-refractivity contribution in [2.45, 2.75) is 46.2 Å². The zero-order chi connectivity index (χ0) is 19.7. The molecule has 7 heteroatoms. The number of hydrogen-bond acceptors (Lipinski definition) is 6. The lowest BCUT2D eigenvalue weighted by atomic mass is 10.1. The minimum Gasteiger partial charge on any atom is -0.454 e. The summed E-state index contributed by atoms with van der Waals surface area (Å²) < 4.78 is 16.1. The first-order valence-corrected chi connectivity index (χ1v) is 9.91. The van der Waals surface area contributed by atoms with E-state index >= 15 is 0 Å². The van der Waals surface area contributed by atoms with Crippen molar-refractivity contribution in [2.75, 3.05) is 26.4 Å². The van der Waals surface area contributed by atoms with Crippen molar-refractivity contribution >= 4 is 5.91 Å². The van der Waals surface area contributed by atoms with Crippen molar-refractivity contribution in [1.82, 2.24) is 15.0 Å². The number of benzene rings is 1. The molecule has 4 rings (SSSR count). The van der Waals surface area contributed by atoms with E-state index in [9.17, 15) is 4.79 Å². The van der Waals surface area contributed by atoms with Gasteiger partial charge in [-0.2, -0.15) is 0 Å². The normalized spacial score (nSPS) is 18.6. The highest BCUT2D eigenvalue weighted by Crippen LogP contribution is 2.33. The molecular weight excluding hydrogens is 358 g/mol. The second-order valence-electron chi connectivity index (χ2n) is 7.50. The lowest BCUT2D eigenvalue weighted by Crippen LogP contribution is -2.43. The number of hydrogen-bond donors (Lipinski definition) is 0. The lowest BCUT2D eigenvalue weighted by Gasteiger charge is -2.30. The molecule has 1 atom stereocenters. The van der Waals surface area contributed by atoms with E-state index in [2.05, 4.69) is 17.0 Å². The van der Waals surface area contributed by atoms with Gasteiger partial charge in [-0.1, -0.05) is 18.1 Å². The number of likely N-dealkylation sites (N-methyl/N-ethyl adjacent to an activating group) is 1. The minimum absolute atomic E-state index is 0.0307. The molecule has 0 bridgehead atoms. The Bertz CT molecular complexity index is 844. The highest BCUT2D eigenvalue weighted by atomic mass is 16.7. The predicted molar refractivity (Wildman–Crippen MR) is 104 cm³/mol. The van der Waals surface area contributed by atoms with Crippen LogP contribution in [0.4, 0.5) is 0 Å². The van der Waals surface area contributed by atoms with Gasteiger partial charge in [0.05, 0.1) is 5.69 Å². The quantitative estimate of drug-likeness (QED) is 0.761. The summed E-state index contributed by atoms with van der Waals surface area (Å²) in [6, 6.07) is 6.24. The fourth-order valence-electron chi connectivity index (χ4n) is 4.20. The van der Waals surface area contributed by atoms with E-state index in [0.29, 0.717) is 36.1 Å². The summed E-state index contributed by atoms with van der Waals surface area (Å²) in [6.07, 6.45) is 2.29. The number of amides is 1. The molecule has 2 aromatic rings. The van der Waals surface area contributed by atoms with Crippen LogP contribution >= 0.6 is 0 Å². The summed E-state index contributed by atoms with van der Waals surface area (Å²) in [5.41, 5.74) is 2.23. The molecule has 0 saturated carbocycles. The van der Waals surface area contributed by atoms with Crippen LogP contribution in [0, 0.1) is 13.8 Å². The maximum Gasteiger partial charge on any atom is 0.259 e. The summed E-state index contributed by atoms with van der Waals surface area (Å²) in [7, 11) is 0. The molecule has 1 aromatic heterocycles. The Morgan fingerprint density at radius 2 is 2.11 bits per heavy atom. The first-order valence-electron chi connectivity index (χ1n) is 9.91. The number of nitrogens with zero attached hydrogens (tertiary/aromatic N) is 3. The predicted octanol–water partition coefficient (Wildman–Crippen LogP) is 3.15. The number of likely N-dealkylation sites (tertiary alicyclic amines) is 1. The summed E-state index contributed by atoms with van der Waals surface area (Å²) in [5.74, 6) is 2.02. The molecule has 150 valence electrons. The van der Waals surface area contributed by atoms with Crippen LogP contribution in [-0.2, 0) is 6.54 Å². The maximum atomic E-state index is 13.4. The van der Waals surface area contributed by atoms with Gasteiger partial charge in [0.25, 0.3) is 5.91 Å².